The van der Waals surface area contributed by atoms with E-state index >= 15 is 0 Å². The lowest BCUT2D eigenvalue weighted by Gasteiger charge is -2.44. The first-order valence-electron chi connectivity index (χ1n) is 11.6. The quantitative estimate of drug-likeness (QED) is 0.635. The van der Waals surface area contributed by atoms with E-state index in [0.717, 1.165) is 25.7 Å². The van der Waals surface area contributed by atoms with Crippen molar-refractivity contribution in [1.29, 1.82) is 0 Å². The van der Waals surface area contributed by atoms with Gasteiger partial charge in [-0.3, -0.25) is 14.5 Å². The van der Waals surface area contributed by atoms with Gasteiger partial charge in [-0.05, 0) is 46.5 Å². The SMILES string of the molecule is C[C@@H](C(=O)N1CC[C@H]1C(=O)N(C)[C@@H](CC1CCCCC1)C(=O)O)N(C)C(=O)OC(C)(C)C. The Morgan fingerprint density at radius 2 is 1.62 bits per heavy atom. The summed E-state index contributed by atoms with van der Waals surface area (Å²) in [4.78, 5) is 54.3. The molecule has 2 aliphatic rings. The van der Waals surface area contributed by atoms with Crippen molar-refractivity contribution >= 4 is 23.9 Å². The molecule has 9 nitrogen and oxygen atoms in total. The molecular weight excluding hydrogens is 414 g/mol. The van der Waals surface area contributed by atoms with Crippen molar-refractivity contribution < 1.29 is 29.0 Å². The maximum atomic E-state index is 13.1. The van der Waals surface area contributed by atoms with Crippen LogP contribution in [0.5, 0.6) is 0 Å². The molecule has 32 heavy (non-hydrogen) atoms. The monoisotopic (exact) mass is 453 g/mol. The smallest absolute Gasteiger partial charge is 0.410 e. The van der Waals surface area contributed by atoms with Gasteiger partial charge < -0.3 is 19.6 Å². The van der Waals surface area contributed by atoms with Gasteiger partial charge in [0.15, 0.2) is 0 Å². The summed E-state index contributed by atoms with van der Waals surface area (Å²) in [5.41, 5.74) is -0.684. The van der Waals surface area contributed by atoms with E-state index in [-0.39, 0.29) is 11.8 Å². The Morgan fingerprint density at radius 1 is 1.03 bits per heavy atom. The summed E-state index contributed by atoms with van der Waals surface area (Å²) in [6.45, 7) is 7.24. The Balaban J connectivity index is 2.01. The van der Waals surface area contributed by atoms with E-state index in [1.54, 1.807) is 27.7 Å². The third-order valence-electron chi connectivity index (χ3n) is 6.59. The first kappa shape index (κ1) is 25.9. The Bertz CT molecular complexity index is 713. The van der Waals surface area contributed by atoms with E-state index in [1.807, 2.05) is 0 Å². The van der Waals surface area contributed by atoms with Crippen molar-refractivity contribution in [2.75, 3.05) is 20.6 Å². The summed E-state index contributed by atoms with van der Waals surface area (Å²) in [7, 11) is 3.01. The molecule has 0 bridgehead atoms. The van der Waals surface area contributed by atoms with E-state index in [1.165, 1.54) is 35.2 Å². The van der Waals surface area contributed by atoms with Crippen molar-refractivity contribution in [3.63, 3.8) is 0 Å². The zero-order valence-electron chi connectivity index (χ0n) is 20.3. The highest BCUT2D eigenvalue weighted by Crippen LogP contribution is 2.30. The van der Waals surface area contributed by atoms with E-state index in [9.17, 15) is 24.3 Å². The van der Waals surface area contributed by atoms with Gasteiger partial charge in [0.2, 0.25) is 11.8 Å². The molecule has 182 valence electrons. The van der Waals surface area contributed by atoms with Crippen molar-refractivity contribution in [2.24, 2.45) is 5.92 Å². The summed E-state index contributed by atoms with van der Waals surface area (Å²) in [6.07, 6.45) is 5.67. The van der Waals surface area contributed by atoms with Crippen molar-refractivity contribution in [3.05, 3.63) is 0 Å². The normalized spacial score (nSPS) is 21.2. The number of carbonyl (C=O) groups excluding carboxylic acids is 3. The number of likely N-dealkylation sites (tertiary alicyclic amines) is 1. The second-order valence-electron chi connectivity index (χ2n) is 10.1. The van der Waals surface area contributed by atoms with Crippen LogP contribution in [0.3, 0.4) is 0 Å². The Labute approximate surface area is 191 Å². The van der Waals surface area contributed by atoms with Crippen LogP contribution in [0.1, 0.15) is 72.6 Å². The third kappa shape index (κ3) is 6.36. The summed E-state index contributed by atoms with van der Waals surface area (Å²) >= 11 is 0. The predicted octanol–water partition coefficient (Wildman–Crippen LogP) is 2.72. The maximum Gasteiger partial charge on any atom is 0.410 e. The zero-order chi connectivity index (χ0) is 24.2. The number of carboxylic acids is 1. The number of hydrogen-bond acceptors (Lipinski definition) is 5. The molecule has 0 aromatic rings. The van der Waals surface area contributed by atoms with E-state index in [2.05, 4.69) is 0 Å². The van der Waals surface area contributed by atoms with Gasteiger partial charge in [-0.1, -0.05) is 32.1 Å². The van der Waals surface area contributed by atoms with Crippen LogP contribution in [-0.2, 0) is 19.1 Å². The molecule has 1 aliphatic carbocycles. The number of amides is 3. The van der Waals surface area contributed by atoms with Gasteiger partial charge in [0.05, 0.1) is 0 Å². The Morgan fingerprint density at radius 3 is 2.09 bits per heavy atom. The molecule has 1 N–H and O–H groups in total. The lowest BCUT2D eigenvalue weighted by atomic mass is 9.84. The first-order valence-corrected chi connectivity index (χ1v) is 11.6. The van der Waals surface area contributed by atoms with Gasteiger partial charge in [0.1, 0.15) is 23.7 Å². The number of carboxylic acid groups (broad SMARTS) is 1. The van der Waals surface area contributed by atoms with Gasteiger partial charge in [-0.25, -0.2) is 9.59 Å². The molecule has 2 fully saturated rings. The summed E-state index contributed by atoms with van der Waals surface area (Å²) in [6, 6.07) is -2.40. The van der Waals surface area contributed by atoms with Gasteiger partial charge in [0, 0.05) is 20.6 Å². The fourth-order valence-electron chi connectivity index (χ4n) is 4.36. The molecule has 3 amide bonds. The minimum Gasteiger partial charge on any atom is -0.480 e. The van der Waals surface area contributed by atoms with Crippen molar-refractivity contribution in [1.82, 2.24) is 14.7 Å². The topological polar surface area (TPSA) is 107 Å². The minimum atomic E-state index is -1.01. The van der Waals surface area contributed by atoms with Crippen molar-refractivity contribution in [3.8, 4) is 0 Å². The van der Waals surface area contributed by atoms with Crippen LogP contribution in [0.15, 0.2) is 0 Å². The summed E-state index contributed by atoms with van der Waals surface area (Å²) < 4.78 is 5.32. The molecule has 1 saturated heterocycles. The highest BCUT2D eigenvalue weighted by Gasteiger charge is 2.44. The molecule has 1 aliphatic heterocycles. The zero-order valence-corrected chi connectivity index (χ0v) is 20.3. The predicted molar refractivity (Wildman–Crippen MR) is 119 cm³/mol. The number of hydrogen-bond donors (Lipinski definition) is 1. The number of carbonyl (C=O) groups is 4. The largest absolute Gasteiger partial charge is 0.480 e. The van der Waals surface area contributed by atoms with Crippen LogP contribution in [-0.4, -0.2) is 88.0 Å². The average molecular weight is 454 g/mol. The third-order valence-corrected chi connectivity index (χ3v) is 6.59. The molecule has 0 radical (unpaired) electrons. The van der Waals surface area contributed by atoms with Crippen LogP contribution in [0, 0.1) is 5.92 Å². The van der Waals surface area contributed by atoms with E-state index < -0.39 is 35.8 Å². The highest BCUT2D eigenvalue weighted by atomic mass is 16.6. The lowest BCUT2D eigenvalue weighted by Crippen LogP contribution is -2.63. The highest BCUT2D eigenvalue weighted by molar-refractivity contribution is 5.94. The summed E-state index contributed by atoms with van der Waals surface area (Å²) in [5, 5.41) is 9.75. The number of likely N-dealkylation sites (N-methyl/N-ethyl adjacent to an activating group) is 2. The molecule has 0 aromatic heterocycles. The van der Waals surface area contributed by atoms with Gasteiger partial charge in [-0.15, -0.1) is 0 Å². The number of rotatable bonds is 7. The van der Waals surface area contributed by atoms with E-state index in [4.69, 9.17) is 4.74 Å². The van der Waals surface area contributed by atoms with Gasteiger partial charge in [-0.2, -0.15) is 0 Å². The molecule has 9 heteroatoms. The fraction of sp³-hybridized carbons (Fsp3) is 0.826. The fourth-order valence-corrected chi connectivity index (χ4v) is 4.36. The Hall–Kier alpha value is -2.32. The number of aliphatic carboxylic acids is 1. The molecular formula is C23H39N3O6. The molecule has 1 saturated carbocycles. The molecule has 2 rings (SSSR count). The molecule has 0 aromatic carbocycles. The lowest BCUT2D eigenvalue weighted by molar-refractivity contribution is -0.160. The van der Waals surface area contributed by atoms with Gasteiger partial charge in [0.25, 0.3) is 0 Å². The first-order chi connectivity index (χ1) is 14.8. The molecule has 0 spiro atoms. The van der Waals surface area contributed by atoms with Crippen LogP contribution in [0.4, 0.5) is 4.79 Å². The van der Waals surface area contributed by atoms with Crippen molar-refractivity contribution in [2.45, 2.75) is 96.4 Å². The van der Waals surface area contributed by atoms with E-state index in [0.29, 0.717) is 25.3 Å². The average Bonchev–Trinajstić information content (AvgIpc) is 2.68. The molecule has 1 heterocycles. The second kappa shape index (κ2) is 10.5. The summed E-state index contributed by atoms with van der Waals surface area (Å²) in [5.74, 6) is -1.42. The minimum absolute atomic E-state index is 0.307. The Kier molecular flexibility index (Phi) is 8.54. The van der Waals surface area contributed by atoms with Gasteiger partial charge >= 0.3 is 12.1 Å². The number of ether oxygens (including phenoxy) is 1. The van der Waals surface area contributed by atoms with Crippen LogP contribution >= 0.6 is 0 Å². The number of nitrogens with zero attached hydrogens (tertiary/aromatic N) is 3. The van der Waals surface area contributed by atoms with Crippen LogP contribution < -0.4 is 0 Å². The second-order valence-corrected chi connectivity index (χ2v) is 10.1. The van der Waals surface area contributed by atoms with Crippen LogP contribution in [0.2, 0.25) is 0 Å². The molecule has 3 atom stereocenters. The maximum absolute atomic E-state index is 13.1. The molecule has 0 unspecified atom stereocenters. The van der Waals surface area contributed by atoms with Crippen LogP contribution in [0.25, 0.3) is 0 Å². The standard InChI is InChI=1S/C23H39N3O6/c1-15(24(5)22(31)32-23(2,3)4)19(27)26-13-12-17(26)20(28)25(6)18(21(29)30)14-16-10-8-7-9-11-16/h15-18H,7-14H2,1-6H3,(H,29,30)/t15-,17-,18-/m0/s1.